The first-order valence-corrected chi connectivity index (χ1v) is 8.64. The van der Waals surface area contributed by atoms with E-state index in [9.17, 15) is 0 Å². The van der Waals surface area contributed by atoms with Gasteiger partial charge in [0.25, 0.3) is 0 Å². The summed E-state index contributed by atoms with van der Waals surface area (Å²) in [5.74, 6) is 1.44. The number of aliphatic imine (C=N–C) groups is 1. The van der Waals surface area contributed by atoms with Crippen LogP contribution in [-0.4, -0.2) is 32.3 Å². The van der Waals surface area contributed by atoms with Gasteiger partial charge in [-0.2, -0.15) is 0 Å². The number of hydrogen-bond donors (Lipinski definition) is 2. The van der Waals surface area contributed by atoms with Gasteiger partial charge in [-0.1, -0.05) is 20.8 Å². The molecular formula is C16H29N3OS. The summed E-state index contributed by atoms with van der Waals surface area (Å²) in [6.07, 6.45) is 1.10. The number of ether oxygens (including phenoxy) is 1. The summed E-state index contributed by atoms with van der Waals surface area (Å²) in [6.45, 7) is 12.5. The number of thiophene rings is 1. The molecular weight excluding hydrogens is 282 g/mol. The fraction of sp³-hybridized carbons (Fsp3) is 0.688. The van der Waals surface area contributed by atoms with Gasteiger partial charge in [0.15, 0.2) is 5.96 Å². The quantitative estimate of drug-likeness (QED) is 0.418. The van der Waals surface area contributed by atoms with Crippen LogP contribution in [-0.2, 0) is 17.7 Å². The van der Waals surface area contributed by atoms with Gasteiger partial charge >= 0.3 is 0 Å². The number of guanidine groups is 1. The van der Waals surface area contributed by atoms with E-state index in [0.717, 1.165) is 38.6 Å². The van der Waals surface area contributed by atoms with E-state index in [1.807, 2.05) is 11.3 Å². The fourth-order valence-electron chi connectivity index (χ4n) is 1.76. The van der Waals surface area contributed by atoms with Crippen LogP contribution in [0.5, 0.6) is 0 Å². The van der Waals surface area contributed by atoms with E-state index >= 15 is 0 Å². The van der Waals surface area contributed by atoms with Crippen molar-refractivity contribution in [1.29, 1.82) is 0 Å². The van der Waals surface area contributed by atoms with Crippen LogP contribution in [0, 0.1) is 5.92 Å². The highest BCUT2D eigenvalue weighted by atomic mass is 32.1. The molecule has 0 radical (unpaired) electrons. The van der Waals surface area contributed by atoms with E-state index in [0.29, 0.717) is 12.5 Å². The Balaban J connectivity index is 2.35. The van der Waals surface area contributed by atoms with Crippen molar-refractivity contribution >= 4 is 17.3 Å². The lowest BCUT2D eigenvalue weighted by Gasteiger charge is -2.12. The standard InChI is InChI=1S/C16H29N3OS/c1-5-14-7-8-15(21-14)11-19-16(17-6-2)18-9-10-20-12-13(3)4/h7-8,13H,5-6,9-12H2,1-4H3,(H2,17,18,19). The summed E-state index contributed by atoms with van der Waals surface area (Å²) in [5, 5.41) is 6.57. The maximum atomic E-state index is 5.56. The van der Waals surface area contributed by atoms with Gasteiger partial charge in [-0.25, -0.2) is 4.99 Å². The molecule has 4 nitrogen and oxygen atoms in total. The largest absolute Gasteiger partial charge is 0.379 e. The smallest absolute Gasteiger partial charge is 0.191 e. The zero-order chi connectivity index (χ0) is 15.5. The van der Waals surface area contributed by atoms with E-state index in [2.05, 4.69) is 55.5 Å². The Morgan fingerprint density at radius 3 is 2.62 bits per heavy atom. The average Bonchev–Trinajstić information content (AvgIpc) is 2.92. The van der Waals surface area contributed by atoms with Crippen LogP contribution in [0.2, 0.25) is 0 Å². The molecule has 0 amide bonds. The van der Waals surface area contributed by atoms with Gasteiger partial charge in [0, 0.05) is 29.5 Å². The van der Waals surface area contributed by atoms with E-state index in [-0.39, 0.29) is 0 Å². The Labute approximate surface area is 133 Å². The summed E-state index contributed by atoms with van der Waals surface area (Å²) >= 11 is 1.84. The number of rotatable bonds is 9. The Bertz CT molecular complexity index is 415. The van der Waals surface area contributed by atoms with Crippen molar-refractivity contribution in [2.75, 3.05) is 26.3 Å². The first-order valence-electron chi connectivity index (χ1n) is 7.83. The molecule has 1 rings (SSSR count). The molecule has 0 unspecified atom stereocenters. The van der Waals surface area contributed by atoms with Crippen LogP contribution >= 0.6 is 11.3 Å². The Kier molecular flexibility index (Phi) is 9.10. The molecule has 21 heavy (non-hydrogen) atoms. The molecule has 0 aliphatic heterocycles. The lowest BCUT2D eigenvalue weighted by Crippen LogP contribution is -2.39. The Hall–Kier alpha value is -1.07. The van der Waals surface area contributed by atoms with Crippen molar-refractivity contribution in [1.82, 2.24) is 10.6 Å². The molecule has 0 aromatic carbocycles. The summed E-state index contributed by atoms with van der Waals surface area (Å²) in [5.41, 5.74) is 0. The Morgan fingerprint density at radius 1 is 1.24 bits per heavy atom. The molecule has 1 aromatic rings. The predicted molar refractivity (Wildman–Crippen MR) is 92.2 cm³/mol. The highest BCUT2D eigenvalue weighted by Gasteiger charge is 2.00. The second-order valence-electron chi connectivity index (χ2n) is 5.31. The molecule has 2 N–H and O–H groups in total. The monoisotopic (exact) mass is 311 g/mol. The normalized spacial score (nSPS) is 12.0. The minimum absolute atomic E-state index is 0.582. The van der Waals surface area contributed by atoms with Gasteiger partial charge in [-0.3, -0.25) is 0 Å². The first kappa shape index (κ1) is 18.0. The SMILES string of the molecule is CCNC(=NCc1ccc(CC)s1)NCCOCC(C)C. The molecule has 0 saturated heterocycles. The van der Waals surface area contributed by atoms with Gasteiger partial charge in [-0.15, -0.1) is 11.3 Å². The van der Waals surface area contributed by atoms with Gasteiger partial charge in [-0.05, 0) is 31.4 Å². The second-order valence-corrected chi connectivity index (χ2v) is 6.57. The third-order valence-corrected chi connectivity index (χ3v) is 4.01. The third kappa shape index (κ3) is 8.07. The topological polar surface area (TPSA) is 45.7 Å². The molecule has 120 valence electrons. The number of hydrogen-bond acceptors (Lipinski definition) is 3. The molecule has 0 saturated carbocycles. The van der Waals surface area contributed by atoms with Crippen molar-refractivity contribution in [3.8, 4) is 0 Å². The summed E-state index contributed by atoms with van der Waals surface area (Å²) in [4.78, 5) is 7.34. The van der Waals surface area contributed by atoms with E-state index in [1.165, 1.54) is 9.75 Å². The van der Waals surface area contributed by atoms with Crippen molar-refractivity contribution in [2.45, 2.75) is 40.7 Å². The highest BCUT2D eigenvalue weighted by Crippen LogP contribution is 2.17. The molecule has 0 bridgehead atoms. The van der Waals surface area contributed by atoms with Crippen LogP contribution in [0.3, 0.4) is 0 Å². The highest BCUT2D eigenvalue weighted by molar-refractivity contribution is 7.11. The first-order chi connectivity index (χ1) is 10.2. The number of nitrogens with one attached hydrogen (secondary N) is 2. The lowest BCUT2D eigenvalue weighted by atomic mass is 10.2. The molecule has 0 aliphatic carbocycles. The molecule has 0 atom stereocenters. The second kappa shape index (κ2) is 10.6. The van der Waals surface area contributed by atoms with Crippen molar-refractivity contribution in [2.24, 2.45) is 10.9 Å². The van der Waals surface area contributed by atoms with Crippen molar-refractivity contribution in [3.05, 3.63) is 21.9 Å². The number of nitrogens with zero attached hydrogens (tertiary/aromatic N) is 1. The molecule has 0 fully saturated rings. The molecule has 1 aromatic heterocycles. The molecule has 5 heteroatoms. The lowest BCUT2D eigenvalue weighted by molar-refractivity contribution is 0.114. The predicted octanol–water partition coefficient (Wildman–Crippen LogP) is 3.04. The van der Waals surface area contributed by atoms with Crippen LogP contribution in [0.1, 0.15) is 37.4 Å². The Morgan fingerprint density at radius 2 is 2.00 bits per heavy atom. The summed E-state index contributed by atoms with van der Waals surface area (Å²) in [6, 6.07) is 4.36. The molecule has 1 heterocycles. The van der Waals surface area contributed by atoms with Crippen LogP contribution < -0.4 is 10.6 Å². The van der Waals surface area contributed by atoms with Gasteiger partial charge in [0.05, 0.1) is 13.2 Å². The summed E-state index contributed by atoms with van der Waals surface area (Å²) < 4.78 is 5.56. The maximum absolute atomic E-state index is 5.56. The van der Waals surface area contributed by atoms with Crippen LogP contribution in [0.25, 0.3) is 0 Å². The van der Waals surface area contributed by atoms with Crippen LogP contribution in [0.4, 0.5) is 0 Å². The molecule has 0 spiro atoms. The zero-order valence-electron chi connectivity index (χ0n) is 13.7. The van der Waals surface area contributed by atoms with Gasteiger partial charge < -0.3 is 15.4 Å². The summed E-state index contributed by atoms with van der Waals surface area (Å²) in [7, 11) is 0. The minimum Gasteiger partial charge on any atom is -0.379 e. The van der Waals surface area contributed by atoms with E-state index in [4.69, 9.17) is 4.74 Å². The van der Waals surface area contributed by atoms with Gasteiger partial charge in [0.2, 0.25) is 0 Å². The van der Waals surface area contributed by atoms with Crippen molar-refractivity contribution < 1.29 is 4.74 Å². The van der Waals surface area contributed by atoms with Gasteiger partial charge in [0.1, 0.15) is 0 Å². The maximum Gasteiger partial charge on any atom is 0.191 e. The number of aryl methyl sites for hydroxylation is 1. The third-order valence-electron chi connectivity index (χ3n) is 2.79. The zero-order valence-corrected chi connectivity index (χ0v) is 14.6. The van der Waals surface area contributed by atoms with E-state index < -0.39 is 0 Å². The van der Waals surface area contributed by atoms with Crippen LogP contribution in [0.15, 0.2) is 17.1 Å². The average molecular weight is 311 g/mol. The fourth-order valence-corrected chi connectivity index (χ4v) is 2.64. The minimum atomic E-state index is 0.582. The molecule has 0 aliphatic rings. The van der Waals surface area contributed by atoms with Crippen molar-refractivity contribution in [3.63, 3.8) is 0 Å². The van der Waals surface area contributed by atoms with E-state index in [1.54, 1.807) is 0 Å².